The van der Waals surface area contributed by atoms with Crippen molar-refractivity contribution in [3.8, 4) is 0 Å². The van der Waals surface area contributed by atoms with Crippen LogP contribution in [0.5, 0.6) is 0 Å². The van der Waals surface area contributed by atoms with Gasteiger partial charge in [0, 0.05) is 19.3 Å². The third kappa shape index (κ3) is 1.69. The van der Waals surface area contributed by atoms with Gasteiger partial charge in [-0.25, -0.2) is 9.97 Å². The molecule has 0 atom stereocenters. The van der Waals surface area contributed by atoms with Gasteiger partial charge in [-0.3, -0.25) is 4.40 Å². The topological polar surface area (TPSA) is 68.2 Å². The van der Waals surface area contributed by atoms with Crippen molar-refractivity contribution in [2.75, 3.05) is 18.4 Å². The summed E-state index contributed by atoms with van der Waals surface area (Å²) in [6.07, 6.45) is 1.98. The quantitative estimate of drug-likeness (QED) is 0.730. The molecular formula is C13H15N5. The van der Waals surface area contributed by atoms with E-state index in [1.165, 1.54) is 0 Å². The minimum absolute atomic E-state index is 0.589. The van der Waals surface area contributed by atoms with E-state index in [-0.39, 0.29) is 0 Å². The second kappa shape index (κ2) is 4.27. The van der Waals surface area contributed by atoms with E-state index >= 15 is 0 Å². The molecule has 3 aromatic heterocycles. The molecule has 3 aromatic rings. The van der Waals surface area contributed by atoms with Crippen molar-refractivity contribution in [3.05, 3.63) is 36.0 Å². The maximum atomic E-state index is 5.47. The Kier molecular flexibility index (Phi) is 2.60. The Hall–Kier alpha value is -2.14. The van der Waals surface area contributed by atoms with Crippen LogP contribution < -0.4 is 11.1 Å². The molecule has 0 radical (unpaired) electrons. The van der Waals surface area contributed by atoms with Crippen LogP contribution in [0.4, 0.5) is 5.82 Å². The lowest BCUT2D eigenvalue weighted by atomic mass is 10.3. The number of rotatable bonds is 3. The van der Waals surface area contributed by atoms with Gasteiger partial charge in [0.25, 0.3) is 0 Å². The van der Waals surface area contributed by atoms with Crippen LogP contribution >= 0.6 is 0 Å². The van der Waals surface area contributed by atoms with E-state index in [1.54, 1.807) is 0 Å². The van der Waals surface area contributed by atoms with E-state index in [9.17, 15) is 0 Å². The third-order valence-corrected chi connectivity index (χ3v) is 2.92. The molecule has 0 fully saturated rings. The summed E-state index contributed by atoms with van der Waals surface area (Å²) in [4.78, 5) is 9.16. The molecular weight excluding hydrogens is 226 g/mol. The zero-order valence-corrected chi connectivity index (χ0v) is 10.2. The van der Waals surface area contributed by atoms with Crippen molar-refractivity contribution in [1.29, 1.82) is 0 Å². The van der Waals surface area contributed by atoms with Crippen molar-refractivity contribution in [3.63, 3.8) is 0 Å². The minimum Gasteiger partial charge on any atom is -0.369 e. The number of nitrogens with one attached hydrogen (secondary N) is 1. The first-order valence-corrected chi connectivity index (χ1v) is 5.98. The SMILES string of the molecule is Cc1cccn2c1nc1ccc(NCCN)nc12. The van der Waals surface area contributed by atoms with Gasteiger partial charge in [0.05, 0.1) is 0 Å². The zero-order valence-electron chi connectivity index (χ0n) is 10.2. The lowest BCUT2D eigenvalue weighted by Crippen LogP contribution is -2.13. The molecule has 0 saturated carbocycles. The Balaban J connectivity index is 2.20. The molecule has 0 saturated heterocycles. The lowest BCUT2D eigenvalue weighted by Gasteiger charge is -2.03. The van der Waals surface area contributed by atoms with Crippen LogP contribution in [0.3, 0.4) is 0 Å². The summed E-state index contributed by atoms with van der Waals surface area (Å²) in [6.45, 7) is 3.36. The van der Waals surface area contributed by atoms with Gasteiger partial charge < -0.3 is 11.1 Å². The van der Waals surface area contributed by atoms with Crippen LogP contribution in [0.1, 0.15) is 5.56 Å². The highest BCUT2D eigenvalue weighted by Gasteiger charge is 2.07. The molecule has 0 aliphatic carbocycles. The van der Waals surface area contributed by atoms with Crippen molar-refractivity contribution in [2.45, 2.75) is 6.92 Å². The van der Waals surface area contributed by atoms with E-state index in [0.29, 0.717) is 13.1 Å². The minimum atomic E-state index is 0.589. The van der Waals surface area contributed by atoms with Gasteiger partial charge >= 0.3 is 0 Å². The molecule has 5 heteroatoms. The van der Waals surface area contributed by atoms with Gasteiger partial charge in [-0.05, 0) is 30.7 Å². The number of hydrogen-bond donors (Lipinski definition) is 2. The number of anilines is 1. The fraction of sp³-hybridized carbons (Fsp3) is 0.231. The van der Waals surface area contributed by atoms with E-state index in [1.807, 2.05) is 28.8 Å². The fourth-order valence-electron chi connectivity index (χ4n) is 2.04. The van der Waals surface area contributed by atoms with Crippen LogP contribution in [0.15, 0.2) is 30.5 Å². The summed E-state index contributed by atoms with van der Waals surface area (Å²) < 4.78 is 2.01. The number of imidazole rings is 1. The Morgan fingerprint density at radius 3 is 2.94 bits per heavy atom. The first-order chi connectivity index (χ1) is 8.79. The highest BCUT2D eigenvalue weighted by molar-refractivity contribution is 5.79. The molecule has 18 heavy (non-hydrogen) atoms. The molecule has 0 bridgehead atoms. The fourth-order valence-corrected chi connectivity index (χ4v) is 2.04. The van der Waals surface area contributed by atoms with Crippen LogP contribution in [0, 0.1) is 6.92 Å². The number of hydrogen-bond acceptors (Lipinski definition) is 4. The lowest BCUT2D eigenvalue weighted by molar-refractivity contribution is 1.01. The average Bonchev–Trinajstić information content (AvgIpc) is 2.76. The third-order valence-electron chi connectivity index (χ3n) is 2.92. The Labute approximate surface area is 105 Å². The van der Waals surface area contributed by atoms with E-state index in [2.05, 4.69) is 28.3 Å². The van der Waals surface area contributed by atoms with E-state index < -0.39 is 0 Å². The number of pyridine rings is 2. The van der Waals surface area contributed by atoms with Gasteiger partial charge in [-0.1, -0.05) is 6.07 Å². The van der Waals surface area contributed by atoms with Gasteiger partial charge in [0.2, 0.25) is 0 Å². The summed E-state index contributed by atoms with van der Waals surface area (Å²) in [5.74, 6) is 0.830. The highest BCUT2D eigenvalue weighted by Crippen LogP contribution is 2.18. The Morgan fingerprint density at radius 2 is 2.11 bits per heavy atom. The Bertz CT molecular complexity index is 701. The Morgan fingerprint density at radius 1 is 1.22 bits per heavy atom. The molecule has 92 valence electrons. The molecule has 0 aromatic carbocycles. The molecule has 0 unspecified atom stereocenters. The van der Waals surface area contributed by atoms with Gasteiger partial charge in [0.1, 0.15) is 17.0 Å². The zero-order chi connectivity index (χ0) is 12.5. The van der Waals surface area contributed by atoms with Gasteiger partial charge in [-0.2, -0.15) is 0 Å². The van der Waals surface area contributed by atoms with E-state index in [4.69, 9.17) is 5.73 Å². The van der Waals surface area contributed by atoms with Crippen LogP contribution in [-0.2, 0) is 0 Å². The summed E-state index contributed by atoms with van der Waals surface area (Å²) in [5, 5.41) is 3.18. The average molecular weight is 241 g/mol. The van der Waals surface area contributed by atoms with Crippen molar-refractivity contribution >= 4 is 22.6 Å². The first kappa shape index (κ1) is 11.0. The summed E-state index contributed by atoms with van der Waals surface area (Å²) in [7, 11) is 0. The van der Waals surface area contributed by atoms with Crippen LogP contribution in [0.25, 0.3) is 16.8 Å². The largest absolute Gasteiger partial charge is 0.369 e. The van der Waals surface area contributed by atoms with Gasteiger partial charge in [0.15, 0.2) is 5.65 Å². The number of nitrogens with two attached hydrogens (primary N) is 1. The molecule has 0 amide bonds. The predicted molar refractivity (Wildman–Crippen MR) is 72.8 cm³/mol. The second-order valence-corrected chi connectivity index (χ2v) is 4.25. The van der Waals surface area contributed by atoms with Crippen molar-refractivity contribution in [1.82, 2.24) is 14.4 Å². The molecule has 5 nitrogen and oxygen atoms in total. The number of nitrogens with zero attached hydrogens (tertiary/aromatic N) is 3. The van der Waals surface area contributed by atoms with Crippen LogP contribution in [-0.4, -0.2) is 27.5 Å². The van der Waals surface area contributed by atoms with Crippen molar-refractivity contribution < 1.29 is 0 Å². The van der Waals surface area contributed by atoms with Gasteiger partial charge in [-0.15, -0.1) is 0 Å². The summed E-state index contributed by atoms with van der Waals surface area (Å²) in [6, 6.07) is 7.97. The highest BCUT2D eigenvalue weighted by atomic mass is 15.1. The molecule has 0 aliphatic rings. The standard InChI is InChI=1S/C13H15N5/c1-9-3-2-8-18-12(9)16-10-4-5-11(15-7-6-14)17-13(10)18/h2-5,8H,6-7,14H2,1H3,(H,15,17). The second-order valence-electron chi connectivity index (χ2n) is 4.25. The smallest absolute Gasteiger partial charge is 0.166 e. The van der Waals surface area contributed by atoms with Crippen LogP contribution in [0.2, 0.25) is 0 Å². The normalized spacial score (nSPS) is 11.2. The maximum Gasteiger partial charge on any atom is 0.166 e. The maximum absolute atomic E-state index is 5.47. The molecule has 3 rings (SSSR count). The number of aromatic nitrogens is 3. The molecule has 0 spiro atoms. The summed E-state index contributed by atoms with van der Waals surface area (Å²) >= 11 is 0. The molecule has 3 heterocycles. The molecule has 3 N–H and O–H groups in total. The van der Waals surface area contributed by atoms with E-state index in [0.717, 1.165) is 28.2 Å². The molecule has 0 aliphatic heterocycles. The number of fused-ring (bicyclic) bond motifs is 3. The first-order valence-electron chi connectivity index (χ1n) is 5.98. The monoisotopic (exact) mass is 241 g/mol. The summed E-state index contributed by atoms with van der Waals surface area (Å²) in [5.41, 5.74) is 9.35. The van der Waals surface area contributed by atoms with Crippen molar-refractivity contribution in [2.24, 2.45) is 5.73 Å². The number of aryl methyl sites for hydroxylation is 1. The predicted octanol–water partition coefficient (Wildman–Crippen LogP) is 1.56.